The highest BCUT2D eigenvalue weighted by Crippen LogP contribution is 2.23. The number of anilines is 1. The number of rotatable bonds is 6. The normalized spacial score (nSPS) is 12.0. The van der Waals surface area contributed by atoms with Gasteiger partial charge in [0.25, 0.3) is 0 Å². The fourth-order valence-corrected chi connectivity index (χ4v) is 1.78. The molecule has 0 fully saturated rings. The molecule has 0 saturated carbocycles. The summed E-state index contributed by atoms with van der Waals surface area (Å²) in [7, 11) is 0. The van der Waals surface area contributed by atoms with E-state index in [2.05, 4.69) is 17.6 Å². The van der Waals surface area contributed by atoms with Crippen LogP contribution >= 0.6 is 11.6 Å². The molecule has 3 nitrogen and oxygen atoms in total. The highest BCUT2D eigenvalue weighted by atomic mass is 35.5. The Bertz CT molecular complexity index is 407. The third-order valence-corrected chi connectivity index (χ3v) is 3.27. The maximum atomic E-state index is 11.8. The van der Waals surface area contributed by atoms with Gasteiger partial charge in [-0.15, -0.1) is 0 Å². The molecule has 1 rings (SSSR count). The van der Waals surface area contributed by atoms with Gasteiger partial charge in [-0.2, -0.15) is 0 Å². The van der Waals surface area contributed by atoms with Crippen molar-refractivity contribution in [2.45, 2.75) is 39.7 Å². The Morgan fingerprint density at radius 2 is 2.17 bits per heavy atom. The van der Waals surface area contributed by atoms with Gasteiger partial charge >= 0.3 is 0 Å². The number of unbranched alkanes of at least 4 members (excludes halogenated alkanes) is 1. The molecule has 100 valence electrons. The van der Waals surface area contributed by atoms with Gasteiger partial charge in [0, 0.05) is 17.3 Å². The van der Waals surface area contributed by atoms with Gasteiger partial charge in [-0.25, -0.2) is 0 Å². The monoisotopic (exact) mass is 268 g/mol. The number of halogens is 1. The van der Waals surface area contributed by atoms with E-state index in [4.69, 9.17) is 11.6 Å². The zero-order valence-corrected chi connectivity index (χ0v) is 12.0. The Labute approximate surface area is 114 Å². The summed E-state index contributed by atoms with van der Waals surface area (Å²) in [5.41, 5.74) is 1.87. The van der Waals surface area contributed by atoms with Crippen LogP contribution in [0.4, 0.5) is 5.69 Å². The third kappa shape index (κ3) is 4.22. The zero-order valence-electron chi connectivity index (χ0n) is 11.2. The smallest absolute Gasteiger partial charge is 0.242 e. The molecule has 4 heteroatoms. The Kier molecular flexibility index (Phi) is 5.99. The molecule has 0 saturated heterocycles. The summed E-state index contributed by atoms with van der Waals surface area (Å²) in [6.07, 6.45) is 2.09. The number of hydrogen-bond donors (Lipinski definition) is 2. The van der Waals surface area contributed by atoms with E-state index in [-0.39, 0.29) is 11.9 Å². The van der Waals surface area contributed by atoms with Crippen LogP contribution in [0.3, 0.4) is 0 Å². The first kappa shape index (κ1) is 14.8. The van der Waals surface area contributed by atoms with Crippen molar-refractivity contribution >= 4 is 23.2 Å². The van der Waals surface area contributed by atoms with Crippen LogP contribution in [0.25, 0.3) is 0 Å². The average Bonchev–Trinajstić information content (AvgIpc) is 2.35. The van der Waals surface area contributed by atoms with Crippen LogP contribution in [-0.2, 0) is 4.79 Å². The second kappa shape index (κ2) is 7.27. The van der Waals surface area contributed by atoms with Crippen molar-refractivity contribution < 1.29 is 4.79 Å². The van der Waals surface area contributed by atoms with Crippen LogP contribution in [-0.4, -0.2) is 18.5 Å². The highest BCUT2D eigenvalue weighted by molar-refractivity contribution is 6.31. The lowest BCUT2D eigenvalue weighted by Crippen LogP contribution is -2.38. The first-order valence-corrected chi connectivity index (χ1v) is 6.73. The van der Waals surface area contributed by atoms with E-state index < -0.39 is 0 Å². The van der Waals surface area contributed by atoms with Gasteiger partial charge in [0.1, 0.15) is 6.04 Å². The second-order valence-corrected chi connectivity index (χ2v) is 4.83. The van der Waals surface area contributed by atoms with Crippen LogP contribution in [0.15, 0.2) is 18.2 Å². The minimum absolute atomic E-state index is 0.0165. The molecule has 1 aromatic carbocycles. The number of amides is 1. The van der Waals surface area contributed by atoms with Crippen molar-refractivity contribution in [3.05, 3.63) is 28.8 Å². The van der Waals surface area contributed by atoms with Crippen LogP contribution in [0.5, 0.6) is 0 Å². The first-order chi connectivity index (χ1) is 8.56. The minimum atomic E-state index is -0.265. The zero-order chi connectivity index (χ0) is 13.5. The number of nitrogens with one attached hydrogen (secondary N) is 2. The van der Waals surface area contributed by atoms with E-state index >= 15 is 0 Å². The van der Waals surface area contributed by atoms with E-state index in [0.29, 0.717) is 5.02 Å². The molecule has 0 spiro atoms. The van der Waals surface area contributed by atoms with Crippen molar-refractivity contribution in [3.8, 4) is 0 Å². The van der Waals surface area contributed by atoms with Crippen LogP contribution < -0.4 is 10.6 Å². The number of carbonyl (C=O) groups is 1. The molecule has 0 radical (unpaired) electrons. The summed E-state index contributed by atoms with van der Waals surface area (Å²) in [5.74, 6) is 0.0165. The van der Waals surface area contributed by atoms with E-state index in [1.165, 1.54) is 0 Å². The third-order valence-electron chi connectivity index (χ3n) is 2.86. The largest absolute Gasteiger partial charge is 0.374 e. The van der Waals surface area contributed by atoms with E-state index in [1.807, 2.05) is 32.0 Å². The van der Waals surface area contributed by atoms with Crippen molar-refractivity contribution in [2.75, 3.05) is 11.9 Å². The maximum absolute atomic E-state index is 11.8. The Morgan fingerprint density at radius 3 is 2.83 bits per heavy atom. The van der Waals surface area contributed by atoms with Crippen LogP contribution in [0.2, 0.25) is 5.02 Å². The van der Waals surface area contributed by atoms with Gasteiger partial charge in [-0.1, -0.05) is 31.0 Å². The molecule has 0 aromatic heterocycles. The Balaban J connectivity index is 2.56. The van der Waals surface area contributed by atoms with Gasteiger partial charge in [-0.05, 0) is 38.0 Å². The molecule has 1 atom stereocenters. The van der Waals surface area contributed by atoms with E-state index in [9.17, 15) is 4.79 Å². The second-order valence-electron chi connectivity index (χ2n) is 4.42. The highest BCUT2D eigenvalue weighted by Gasteiger charge is 2.13. The lowest BCUT2D eigenvalue weighted by molar-refractivity contribution is -0.121. The number of benzene rings is 1. The lowest BCUT2D eigenvalue weighted by atomic mass is 10.1. The van der Waals surface area contributed by atoms with Crippen molar-refractivity contribution in [1.82, 2.24) is 5.32 Å². The van der Waals surface area contributed by atoms with Gasteiger partial charge in [0.2, 0.25) is 5.91 Å². The molecular weight excluding hydrogens is 248 g/mol. The summed E-state index contributed by atoms with van der Waals surface area (Å²) < 4.78 is 0. The summed E-state index contributed by atoms with van der Waals surface area (Å²) in [4.78, 5) is 11.8. The summed E-state index contributed by atoms with van der Waals surface area (Å²) in [6.45, 7) is 6.62. The molecule has 18 heavy (non-hydrogen) atoms. The van der Waals surface area contributed by atoms with E-state index in [1.54, 1.807) is 0 Å². The standard InChI is InChI=1S/C14H21ClN2O/c1-4-5-9-16-14(18)11(3)17-13-8-6-7-12(15)10(13)2/h6-8,11,17H,4-5,9H2,1-3H3,(H,16,18). The predicted molar refractivity (Wildman–Crippen MR) is 77.2 cm³/mol. The van der Waals surface area contributed by atoms with Crippen molar-refractivity contribution in [2.24, 2.45) is 0 Å². The molecule has 0 heterocycles. The molecule has 2 N–H and O–H groups in total. The summed E-state index contributed by atoms with van der Waals surface area (Å²) in [5, 5.41) is 6.79. The lowest BCUT2D eigenvalue weighted by Gasteiger charge is -2.17. The Hall–Kier alpha value is -1.22. The first-order valence-electron chi connectivity index (χ1n) is 6.35. The molecule has 1 aromatic rings. The molecular formula is C14H21ClN2O. The molecule has 0 aliphatic heterocycles. The number of carbonyl (C=O) groups excluding carboxylic acids is 1. The molecule has 0 aliphatic rings. The van der Waals surface area contributed by atoms with Crippen molar-refractivity contribution in [3.63, 3.8) is 0 Å². The van der Waals surface area contributed by atoms with Gasteiger partial charge in [0.15, 0.2) is 0 Å². The van der Waals surface area contributed by atoms with Crippen LogP contribution in [0.1, 0.15) is 32.3 Å². The molecule has 0 aliphatic carbocycles. The number of hydrogen-bond acceptors (Lipinski definition) is 2. The Morgan fingerprint density at radius 1 is 1.44 bits per heavy atom. The quantitative estimate of drug-likeness (QED) is 0.777. The predicted octanol–water partition coefficient (Wildman–Crippen LogP) is 3.37. The molecule has 1 amide bonds. The fourth-order valence-electron chi connectivity index (χ4n) is 1.60. The van der Waals surface area contributed by atoms with Crippen molar-refractivity contribution in [1.29, 1.82) is 0 Å². The maximum Gasteiger partial charge on any atom is 0.242 e. The minimum Gasteiger partial charge on any atom is -0.374 e. The molecule has 0 bridgehead atoms. The molecule has 1 unspecified atom stereocenters. The SMILES string of the molecule is CCCCNC(=O)C(C)Nc1cccc(Cl)c1C. The van der Waals surface area contributed by atoms with Gasteiger partial charge < -0.3 is 10.6 Å². The van der Waals surface area contributed by atoms with Crippen LogP contribution in [0, 0.1) is 6.92 Å². The van der Waals surface area contributed by atoms with E-state index in [0.717, 1.165) is 30.6 Å². The fraction of sp³-hybridized carbons (Fsp3) is 0.500. The van der Waals surface area contributed by atoms with Gasteiger partial charge in [0.05, 0.1) is 0 Å². The summed E-state index contributed by atoms with van der Waals surface area (Å²) >= 11 is 6.04. The summed E-state index contributed by atoms with van der Waals surface area (Å²) in [6, 6.07) is 5.38. The topological polar surface area (TPSA) is 41.1 Å². The van der Waals surface area contributed by atoms with Gasteiger partial charge in [-0.3, -0.25) is 4.79 Å². The average molecular weight is 269 g/mol.